The number of nitrogens with one attached hydrogen (secondary N) is 1. The molecule has 0 bridgehead atoms. The summed E-state index contributed by atoms with van der Waals surface area (Å²) < 4.78 is 35.3. The number of rotatable bonds is 3. The lowest BCUT2D eigenvalue weighted by molar-refractivity contribution is 0.601. The summed E-state index contributed by atoms with van der Waals surface area (Å²) in [6.07, 6.45) is 1.31. The Morgan fingerprint density at radius 2 is 1.95 bits per heavy atom. The molecule has 2 heterocycles. The molecule has 1 aromatic carbocycles. The number of pyridine rings is 1. The monoisotopic (exact) mass is 360 g/mol. The summed E-state index contributed by atoms with van der Waals surface area (Å²) in [6.45, 7) is 0. The number of sulfonamides is 1. The van der Waals surface area contributed by atoms with Crippen LogP contribution >= 0.6 is 34.9 Å². The Bertz CT molecular complexity index is 927. The third-order valence-corrected chi connectivity index (χ3v) is 5.03. The zero-order chi connectivity index (χ0) is 15.0. The summed E-state index contributed by atoms with van der Waals surface area (Å²) >= 11 is 12.7. The van der Waals surface area contributed by atoms with Crippen molar-refractivity contribution in [3.05, 3.63) is 40.6 Å². The molecule has 0 amide bonds. The summed E-state index contributed by atoms with van der Waals surface area (Å²) in [7, 11) is -3.85. The first-order chi connectivity index (χ1) is 9.97. The zero-order valence-corrected chi connectivity index (χ0v) is 13.3. The highest BCUT2D eigenvalue weighted by atomic mass is 35.5. The molecule has 0 spiro atoms. The van der Waals surface area contributed by atoms with E-state index in [1.807, 2.05) is 0 Å². The number of fused-ring (bicyclic) bond motifs is 1. The largest absolute Gasteiger partial charge is 0.276 e. The van der Waals surface area contributed by atoms with Gasteiger partial charge in [-0.05, 0) is 24.3 Å². The lowest BCUT2D eigenvalue weighted by Crippen LogP contribution is -2.13. The minimum Gasteiger partial charge on any atom is -0.276 e. The van der Waals surface area contributed by atoms with Crippen LogP contribution in [0.5, 0.6) is 0 Å². The predicted octanol–water partition coefficient (Wildman–Crippen LogP) is 3.19. The van der Waals surface area contributed by atoms with Crippen LogP contribution in [0.1, 0.15) is 0 Å². The van der Waals surface area contributed by atoms with Gasteiger partial charge in [-0.3, -0.25) is 4.72 Å². The molecule has 0 radical (unpaired) electrons. The molecule has 3 aromatic rings. The maximum absolute atomic E-state index is 12.4. The number of benzene rings is 1. The summed E-state index contributed by atoms with van der Waals surface area (Å²) in [5.74, 6) is 0. The molecule has 0 saturated carbocycles. The van der Waals surface area contributed by atoms with Crippen LogP contribution in [0.3, 0.4) is 0 Å². The summed E-state index contributed by atoms with van der Waals surface area (Å²) in [6, 6.07) is 5.81. The van der Waals surface area contributed by atoms with E-state index in [2.05, 4.69) is 18.5 Å². The van der Waals surface area contributed by atoms with Gasteiger partial charge in [0.25, 0.3) is 10.0 Å². The Morgan fingerprint density at radius 1 is 1.14 bits per heavy atom. The van der Waals surface area contributed by atoms with Gasteiger partial charge in [-0.15, -0.1) is 0 Å². The van der Waals surface area contributed by atoms with Crippen LogP contribution in [-0.4, -0.2) is 22.1 Å². The van der Waals surface area contributed by atoms with E-state index >= 15 is 0 Å². The summed E-state index contributed by atoms with van der Waals surface area (Å²) in [5, 5.41) is 0.316. The molecule has 1 N–H and O–H groups in total. The predicted molar refractivity (Wildman–Crippen MR) is 82.5 cm³/mol. The highest BCUT2D eigenvalue weighted by Gasteiger charge is 2.19. The molecule has 0 aliphatic rings. The Morgan fingerprint density at radius 3 is 2.71 bits per heavy atom. The first-order valence-corrected chi connectivity index (χ1v) is 8.49. The van der Waals surface area contributed by atoms with Crippen molar-refractivity contribution in [3.8, 4) is 0 Å². The number of halogens is 2. The maximum atomic E-state index is 12.4. The molecule has 0 fully saturated rings. The van der Waals surface area contributed by atoms with Gasteiger partial charge in [0.1, 0.15) is 16.2 Å². The van der Waals surface area contributed by atoms with Crippen molar-refractivity contribution < 1.29 is 8.42 Å². The summed E-state index contributed by atoms with van der Waals surface area (Å²) in [5.41, 5.74) is 1.15. The topological polar surface area (TPSA) is 84.8 Å². The highest BCUT2D eigenvalue weighted by Crippen LogP contribution is 2.31. The first kappa shape index (κ1) is 14.5. The van der Waals surface area contributed by atoms with Crippen LogP contribution in [0.25, 0.3) is 11.0 Å². The van der Waals surface area contributed by atoms with Crippen molar-refractivity contribution in [2.45, 2.75) is 4.90 Å². The fourth-order valence-electron chi connectivity index (χ4n) is 1.67. The molecule has 0 saturated heterocycles. The Kier molecular flexibility index (Phi) is 3.70. The molecular weight excluding hydrogens is 355 g/mol. The highest BCUT2D eigenvalue weighted by molar-refractivity contribution is 7.92. The van der Waals surface area contributed by atoms with Crippen molar-refractivity contribution in [2.75, 3.05) is 4.72 Å². The fourth-order valence-corrected chi connectivity index (χ4v) is 3.81. The fraction of sp³-hybridized carbons (Fsp3) is 0. The summed E-state index contributed by atoms with van der Waals surface area (Å²) in [4.78, 5) is 3.73. The zero-order valence-electron chi connectivity index (χ0n) is 10.1. The lowest BCUT2D eigenvalue weighted by atomic mass is 10.3. The van der Waals surface area contributed by atoms with Gasteiger partial charge < -0.3 is 0 Å². The number of nitrogens with zero attached hydrogens (tertiary/aromatic N) is 3. The third-order valence-electron chi connectivity index (χ3n) is 2.62. The van der Waals surface area contributed by atoms with Gasteiger partial charge in [0.15, 0.2) is 0 Å². The molecule has 2 aromatic heterocycles. The third kappa shape index (κ3) is 2.80. The normalized spacial score (nSPS) is 11.7. The van der Waals surface area contributed by atoms with E-state index in [1.165, 1.54) is 18.3 Å². The molecule has 3 rings (SSSR count). The van der Waals surface area contributed by atoms with E-state index in [-0.39, 0.29) is 20.8 Å². The van der Waals surface area contributed by atoms with Gasteiger partial charge >= 0.3 is 0 Å². The van der Waals surface area contributed by atoms with Gasteiger partial charge in [-0.2, -0.15) is 8.75 Å². The molecule has 10 heteroatoms. The van der Waals surface area contributed by atoms with Crippen LogP contribution in [0.4, 0.5) is 5.69 Å². The number of anilines is 1. The van der Waals surface area contributed by atoms with E-state index < -0.39 is 10.0 Å². The number of aromatic nitrogens is 3. The standard InChI is InChI=1S/C11H6Cl2N4O2S2/c12-7-1-2-8-11(16-20-15-8)10(7)17-21(18,19)6-3-4-14-9(13)5-6/h1-5,17H. The SMILES string of the molecule is O=S(=O)(Nc1c(Cl)ccc2nsnc12)c1ccnc(Cl)c1. The molecule has 0 atom stereocenters. The van der Waals surface area contributed by atoms with Crippen LogP contribution in [0, 0.1) is 0 Å². The van der Waals surface area contributed by atoms with Crippen LogP contribution in [-0.2, 0) is 10.0 Å². The Labute approximate surface area is 134 Å². The first-order valence-electron chi connectivity index (χ1n) is 5.52. The minimum atomic E-state index is -3.85. The van der Waals surface area contributed by atoms with Crippen molar-refractivity contribution in [1.82, 2.24) is 13.7 Å². The second kappa shape index (κ2) is 5.38. The van der Waals surface area contributed by atoms with E-state index in [0.29, 0.717) is 11.0 Å². The molecule has 0 unspecified atom stereocenters. The smallest absolute Gasteiger partial charge is 0.262 e. The minimum absolute atomic E-state index is 0.0150. The van der Waals surface area contributed by atoms with Crippen molar-refractivity contribution in [2.24, 2.45) is 0 Å². The van der Waals surface area contributed by atoms with Crippen LogP contribution in [0.15, 0.2) is 35.4 Å². The van der Waals surface area contributed by atoms with E-state index in [4.69, 9.17) is 23.2 Å². The number of hydrogen-bond acceptors (Lipinski definition) is 6. The molecule has 21 heavy (non-hydrogen) atoms. The van der Waals surface area contributed by atoms with Gasteiger partial charge in [0, 0.05) is 6.20 Å². The maximum Gasteiger partial charge on any atom is 0.262 e. The average Bonchev–Trinajstić information content (AvgIpc) is 2.91. The van der Waals surface area contributed by atoms with E-state index in [9.17, 15) is 8.42 Å². The van der Waals surface area contributed by atoms with E-state index in [0.717, 1.165) is 11.7 Å². The molecule has 108 valence electrons. The lowest BCUT2D eigenvalue weighted by Gasteiger charge is -2.10. The average molecular weight is 361 g/mol. The quantitative estimate of drug-likeness (QED) is 0.724. The van der Waals surface area contributed by atoms with E-state index in [1.54, 1.807) is 12.1 Å². The Hall–Kier alpha value is -1.48. The van der Waals surface area contributed by atoms with Crippen LogP contribution in [0.2, 0.25) is 10.2 Å². The second-order valence-electron chi connectivity index (χ2n) is 3.97. The molecule has 0 aliphatic heterocycles. The van der Waals surface area contributed by atoms with Gasteiger partial charge in [-0.1, -0.05) is 23.2 Å². The van der Waals surface area contributed by atoms with Gasteiger partial charge in [-0.25, -0.2) is 13.4 Å². The Balaban J connectivity index is 2.09. The van der Waals surface area contributed by atoms with Crippen LogP contribution < -0.4 is 4.72 Å². The molecular formula is C11H6Cl2N4O2S2. The molecule has 0 aliphatic carbocycles. The second-order valence-corrected chi connectivity index (χ2v) is 6.98. The van der Waals surface area contributed by atoms with Crippen molar-refractivity contribution in [1.29, 1.82) is 0 Å². The number of hydrogen-bond donors (Lipinski definition) is 1. The van der Waals surface area contributed by atoms with Crippen molar-refractivity contribution >= 4 is 61.7 Å². The molecule has 6 nitrogen and oxygen atoms in total. The van der Waals surface area contributed by atoms with Gasteiger partial charge in [0.2, 0.25) is 0 Å². The van der Waals surface area contributed by atoms with Gasteiger partial charge in [0.05, 0.1) is 27.3 Å². The van der Waals surface area contributed by atoms with Crippen molar-refractivity contribution in [3.63, 3.8) is 0 Å².